The molecule has 3 aromatic rings. The van der Waals surface area contributed by atoms with Crippen LogP contribution in [0.4, 0.5) is 0 Å². The van der Waals surface area contributed by atoms with Crippen molar-refractivity contribution < 1.29 is 4.79 Å². The molecular weight excluding hydrogens is 396 g/mol. The summed E-state index contributed by atoms with van der Waals surface area (Å²) in [4.78, 5) is 22.2. The molecule has 168 valence electrons. The third-order valence-corrected chi connectivity index (χ3v) is 6.43. The Kier molecular flexibility index (Phi) is 7.38. The highest BCUT2D eigenvalue weighted by Crippen LogP contribution is 2.28. The van der Waals surface area contributed by atoms with E-state index < -0.39 is 0 Å². The Morgan fingerprint density at radius 1 is 0.875 bits per heavy atom. The molecule has 0 bridgehead atoms. The Balaban J connectivity index is 1.33. The summed E-state index contributed by atoms with van der Waals surface area (Å²) in [5.74, 6) is 1.92. The Hall–Kier alpha value is -2.92. The van der Waals surface area contributed by atoms with Gasteiger partial charge >= 0.3 is 0 Å². The summed E-state index contributed by atoms with van der Waals surface area (Å²) in [5.41, 5.74) is 2.40. The van der Waals surface area contributed by atoms with Crippen molar-refractivity contribution in [2.75, 3.05) is 32.7 Å². The van der Waals surface area contributed by atoms with Gasteiger partial charge in [0.05, 0.1) is 0 Å². The first kappa shape index (κ1) is 22.3. The summed E-state index contributed by atoms with van der Waals surface area (Å²) in [5, 5.41) is 0. The van der Waals surface area contributed by atoms with E-state index in [1.807, 2.05) is 23.2 Å². The predicted octanol–water partition coefficient (Wildman–Crippen LogP) is 4.37. The molecule has 0 radical (unpaired) electrons. The molecular formula is C27H34N4O. The number of nitrogens with zero attached hydrogens (tertiary/aromatic N) is 4. The lowest BCUT2D eigenvalue weighted by atomic mass is 9.88. The molecule has 1 aliphatic heterocycles. The molecule has 4 rings (SSSR count). The molecule has 2 heterocycles. The molecule has 0 spiro atoms. The van der Waals surface area contributed by atoms with Crippen molar-refractivity contribution >= 4 is 5.91 Å². The van der Waals surface area contributed by atoms with Crippen LogP contribution in [-0.4, -0.2) is 58.0 Å². The van der Waals surface area contributed by atoms with E-state index in [0.29, 0.717) is 12.3 Å². The highest BCUT2D eigenvalue weighted by Gasteiger charge is 2.25. The van der Waals surface area contributed by atoms with E-state index in [9.17, 15) is 4.79 Å². The van der Waals surface area contributed by atoms with Crippen LogP contribution >= 0.6 is 0 Å². The van der Waals surface area contributed by atoms with Crippen molar-refractivity contribution in [1.82, 2.24) is 19.4 Å². The third kappa shape index (κ3) is 5.46. The van der Waals surface area contributed by atoms with E-state index >= 15 is 0 Å². The van der Waals surface area contributed by atoms with Crippen LogP contribution in [0.15, 0.2) is 73.1 Å². The second-order valence-electron chi connectivity index (χ2n) is 8.93. The van der Waals surface area contributed by atoms with Gasteiger partial charge in [0.2, 0.25) is 5.91 Å². The number of piperazine rings is 1. The molecule has 32 heavy (non-hydrogen) atoms. The Morgan fingerprint density at radius 2 is 1.47 bits per heavy atom. The van der Waals surface area contributed by atoms with E-state index in [1.165, 1.54) is 11.1 Å². The first-order valence-electron chi connectivity index (χ1n) is 11.7. The number of carbonyl (C=O) groups excluding carboxylic acids is 1. The average Bonchev–Trinajstić information content (AvgIpc) is 3.32. The summed E-state index contributed by atoms with van der Waals surface area (Å²) in [6.45, 7) is 9.77. The van der Waals surface area contributed by atoms with Crippen molar-refractivity contribution in [1.29, 1.82) is 0 Å². The predicted molar refractivity (Wildman–Crippen MR) is 129 cm³/mol. The van der Waals surface area contributed by atoms with Crippen molar-refractivity contribution in [2.24, 2.45) is 0 Å². The van der Waals surface area contributed by atoms with Crippen LogP contribution in [0.1, 0.15) is 49.1 Å². The Bertz CT molecular complexity index is 936. The molecule has 0 saturated carbocycles. The standard InChI is InChI=1S/C27H34N4O/c1-22(2)27-28-13-14-31(27)20-17-29-15-18-30(19-16-29)26(32)21-25(23-9-5-3-6-10-23)24-11-7-4-8-12-24/h3-14,22,25H,15-21H2,1-2H3. The van der Waals surface area contributed by atoms with Crippen LogP contribution in [0.2, 0.25) is 0 Å². The first-order chi connectivity index (χ1) is 15.6. The summed E-state index contributed by atoms with van der Waals surface area (Å²) >= 11 is 0. The second kappa shape index (κ2) is 10.6. The summed E-state index contributed by atoms with van der Waals surface area (Å²) < 4.78 is 2.26. The number of hydrogen-bond acceptors (Lipinski definition) is 3. The molecule has 1 amide bonds. The maximum Gasteiger partial charge on any atom is 0.223 e. The Morgan fingerprint density at radius 3 is 2.03 bits per heavy atom. The van der Waals surface area contributed by atoms with Crippen LogP contribution in [0, 0.1) is 0 Å². The van der Waals surface area contributed by atoms with Crippen molar-refractivity contribution in [3.05, 3.63) is 90.0 Å². The minimum atomic E-state index is 0.0959. The molecule has 1 saturated heterocycles. The maximum atomic E-state index is 13.2. The summed E-state index contributed by atoms with van der Waals surface area (Å²) in [6, 6.07) is 20.8. The zero-order valence-corrected chi connectivity index (χ0v) is 19.2. The lowest BCUT2D eigenvalue weighted by Gasteiger charge is -2.35. The quantitative estimate of drug-likeness (QED) is 0.533. The van der Waals surface area contributed by atoms with Crippen LogP contribution in [-0.2, 0) is 11.3 Å². The molecule has 0 atom stereocenters. The first-order valence-corrected chi connectivity index (χ1v) is 11.7. The van der Waals surface area contributed by atoms with Gasteiger partial charge in [0.15, 0.2) is 0 Å². The Labute approximate surface area is 191 Å². The van der Waals surface area contributed by atoms with Crippen molar-refractivity contribution in [2.45, 2.75) is 38.6 Å². The lowest BCUT2D eigenvalue weighted by molar-refractivity contribution is -0.133. The van der Waals surface area contributed by atoms with Gasteiger partial charge < -0.3 is 9.47 Å². The van der Waals surface area contributed by atoms with Gasteiger partial charge in [0, 0.05) is 69.9 Å². The second-order valence-corrected chi connectivity index (χ2v) is 8.93. The summed E-state index contributed by atoms with van der Waals surface area (Å²) in [6.07, 6.45) is 4.48. The highest BCUT2D eigenvalue weighted by atomic mass is 16.2. The van der Waals surface area contributed by atoms with Crippen LogP contribution in [0.3, 0.4) is 0 Å². The van der Waals surface area contributed by atoms with E-state index in [-0.39, 0.29) is 11.8 Å². The van der Waals surface area contributed by atoms with E-state index in [4.69, 9.17) is 0 Å². The molecule has 1 fully saturated rings. The van der Waals surface area contributed by atoms with Crippen molar-refractivity contribution in [3.8, 4) is 0 Å². The molecule has 2 aromatic carbocycles. The van der Waals surface area contributed by atoms with Crippen LogP contribution in [0.5, 0.6) is 0 Å². The minimum absolute atomic E-state index is 0.0959. The smallest absolute Gasteiger partial charge is 0.223 e. The van der Waals surface area contributed by atoms with Crippen LogP contribution in [0.25, 0.3) is 0 Å². The molecule has 0 unspecified atom stereocenters. The van der Waals surface area contributed by atoms with Crippen molar-refractivity contribution in [3.63, 3.8) is 0 Å². The number of amides is 1. The maximum absolute atomic E-state index is 13.2. The molecule has 0 N–H and O–H groups in total. The number of carbonyl (C=O) groups is 1. The van der Waals surface area contributed by atoms with Gasteiger partial charge in [-0.05, 0) is 11.1 Å². The number of rotatable bonds is 8. The van der Waals surface area contributed by atoms with E-state index in [2.05, 4.69) is 83.0 Å². The third-order valence-electron chi connectivity index (χ3n) is 6.43. The monoisotopic (exact) mass is 430 g/mol. The molecule has 5 nitrogen and oxygen atoms in total. The molecule has 1 aliphatic rings. The number of hydrogen-bond donors (Lipinski definition) is 0. The average molecular weight is 431 g/mol. The molecule has 5 heteroatoms. The highest BCUT2D eigenvalue weighted by molar-refractivity contribution is 5.78. The lowest BCUT2D eigenvalue weighted by Crippen LogP contribution is -2.49. The fraction of sp³-hybridized carbons (Fsp3) is 0.407. The zero-order valence-electron chi connectivity index (χ0n) is 19.2. The van der Waals surface area contributed by atoms with Crippen LogP contribution < -0.4 is 0 Å². The topological polar surface area (TPSA) is 41.4 Å². The molecule has 0 aliphatic carbocycles. The van der Waals surface area contributed by atoms with Gasteiger partial charge in [-0.2, -0.15) is 0 Å². The van der Waals surface area contributed by atoms with Gasteiger partial charge in [-0.25, -0.2) is 4.98 Å². The fourth-order valence-corrected chi connectivity index (χ4v) is 4.58. The van der Waals surface area contributed by atoms with Gasteiger partial charge in [0.1, 0.15) is 5.82 Å². The largest absolute Gasteiger partial charge is 0.340 e. The minimum Gasteiger partial charge on any atom is -0.340 e. The van der Waals surface area contributed by atoms with Gasteiger partial charge in [-0.1, -0.05) is 74.5 Å². The number of aromatic nitrogens is 2. The van der Waals surface area contributed by atoms with Gasteiger partial charge in [0.25, 0.3) is 0 Å². The SMILES string of the molecule is CC(C)c1nccn1CCN1CCN(C(=O)CC(c2ccccc2)c2ccccc2)CC1. The zero-order chi connectivity index (χ0) is 22.3. The number of imidazole rings is 1. The molecule has 1 aromatic heterocycles. The van der Waals surface area contributed by atoms with Gasteiger partial charge in [-0.15, -0.1) is 0 Å². The summed E-state index contributed by atoms with van der Waals surface area (Å²) in [7, 11) is 0. The normalized spacial score (nSPS) is 14.9. The number of benzene rings is 2. The van der Waals surface area contributed by atoms with Gasteiger partial charge in [-0.3, -0.25) is 9.69 Å². The fourth-order valence-electron chi connectivity index (χ4n) is 4.58. The van der Waals surface area contributed by atoms with E-state index in [1.54, 1.807) is 0 Å². The van der Waals surface area contributed by atoms with E-state index in [0.717, 1.165) is 45.1 Å².